The fraction of sp³-hybridized carbons (Fsp3) is 0.0476. The summed E-state index contributed by atoms with van der Waals surface area (Å²) < 4.78 is 24.1. The van der Waals surface area contributed by atoms with Crippen molar-refractivity contribution in [1.29, 1.82) is 0 Å². The first-order valence-corrected chi connectivity index (χ1v) is 11.2. The minimum Gasteiger partial charge on any atom is -0.298 e. The van der Waals surface area contributed by atoms with Crippen LogP contribution in [0, 0.1) is 0 Å². The molecule has 1 amide bonds. The van der Waals surface area contributed by atoms with Gasteiger partial charge in [-0.1, -0.05) is 53.8 Å². The molecule has 0 saturated heterocycles. The van der Waals surface area contributed by atoms with Crippen molar-refractivity contribution in [1.82, 2.24) is 4.98 Å². The Morgan fingerprint density at radius 1 is 1.07 bits per heavy atom. The molecule has 0 radical (unpaired) electrons. The molecule has 0 aliphatic rings. The number of carbonyl (C=O) groups is 1. The number of nitrogens with one attached hydrogen (secondary N) is 1. The molecule has 4 aromatic rings. The Labute approximate surface area is 166 Å². The predicted molar refractivity (Wildman–Crippen MR) is 114 cm³/mol. The van der Waals surface area contributed by atoms with Crippen molar-refractivity contribution in [2.24, 2.45) is 0 Å². The highest BCUT2D eigenvalue weighted by atomic mass is 32.2. The van der Waals surface area contributed by atoms with Gasteiger partial charge in [-0.3, -0.25) is 10.1 Å². The largest absolute Gasteiger partial charge is 0.298 e. The minimum absolute atomic E-state index is 0.234. The van der Waals surface area contributed by atoms with Crippen LogP contribution in [-0.4, -0.2) is 25.6 Å². The number of hydrogen-bond donors (Lipinski definition) is 1. The topological polar surface area (TPSA) is 76.1 Å². The highest BCUT2D eigenvalue weighted by Crippen LogP contribution is 2.28. The van der Waals surface area contributed by atoms with Gasteiger partial charge in [-0.05, 0) is 40.6 Å². The first kappa shape index (κ1) is 18.3. The molecular formula is C21H16N2O3S2. The number of aromatic nitrogens is 1. The minimum atomic E-state index is -3.28. The lowest BCUT2D eigenvalue weighted by molar-refractivity contribution is -0.111. The van der Waals surface area contributed by atoms with Gasteiger partial charge in [0.25, 0.3) is 0 Å². The third kappa shape index (κ3) is 3.81. The van der Waals surface area contributed by atoms with Crippen LogP contribution in [0.4, 0.5) is 5.13 Å². The van der Waals surface area contributed by atoms with Gasteiger partial charge in [-0.25, -0.2) is 13.4 Å². The smallest absolute Gasteiger partial charge is 0.250 e. The van der Waals surface area contributed by atoms with Gasteiger partial charge >= 0.3 is 0 Å². The van der Waals surface area contributed by atoms with E-state index in [-0.39, 0.29) is 10.8 Å². The second-order valence-corrected chi connectivity index (χ2v) is 9.36. The quantitative estimate of drug-likeness (QED) is 0.504. The van der Waals surface area contributed by atoms with E-state index in [0.717, 1.165) is 22.6 Å². The molecule has 4 rings (SSSR count). The molecule has 0 fully saturated rings. The summed E-state index contributed by atoms with van der Waals surface area (Å²) in [4.78, 5) is 16.9. The average Bonchev–Trinajstić information content (AvgIpc) is 3.07. The number of hydrogen-bond acceptors (Lipinski definition) is 5. The SMILES string of the molecule is CS(=O)(=O)c1ccc2nc(NC(=O)/C=C/c3cccc4ccccc34)sc2c1. The monoisotopic (exact) mass is 408 g/mol. The molecule has 0 bridgehead atoms. The van der Waals surface area contributed by atoms with Gasteiger partial charge in [-0.15, -0.1) is 0 Å². The zero-order valence-electron chi connectivity index (χ0n) is 14.9. The summed E-state index contributed by atoms with van der Waals surface area (Å²) in [5, 5.41) is 5.35. The molecule has 28 heavy (non-hydrogen) atoms. The second kappa shape index (κ2) is 7.18. The van der Waals surface area contributed by atoms with Crippen molar-refractivity contribution < 1.29 is 13.2 Å². The molecule has 140 valence electrons. The molecule has 5 nitrogen and oxygen atoms in total. The number of benzene rings is 3. The van der Waals surface area contributed by atoms with Gasteiger partial charge in [0.2, 0.25) is 5.91 Å². The second-order valence-electron chi connectivity index (χ2n) is 6.31. The van der Waals surface area contributed by atoms with Crippen molar-refractivity contribution in [2.75, 3.05) is 11.6 Å². The number of fused-ring (bicyclic) bond motifs is 2. The van der Waals surface area contributed by atoms with Crippen LogP contribution in [0.5, 0.6) is 0 Å². The summed E-state index contributed by atoms with van der Waals surface area (Å²) >= 11 is 1.24. The zero-order chi connectivity index (χ0) is 19.7. The van der Waals surface area contributed by atoms with Crippen LogP contribution in [0.1, 0.15) is 5.56 Å². The number of rotatable bonds is 4. The molecule has 1 heterocycles. The molecule has 0 atom stereocenters. The molecule has 7 heteroatoms. The number of thiazole rings is 1. The number of nitrogens with zero attached hydrogens (tertiary/aromatic N) is 1. The van der Waals surface area contributed by atoms with E-state index >= 15 is 0 Å². The molecule has 3 aromatic carbocycles. The van der Waals surface area contributed by atoms with Gasteiger partial charge in [0.1, 0.15) is 0 Å². The van der Waals surface area contributed by atoms with E-state index in [9.17, 15) is 13.2 Å². The normalized spacial score (nSPS) is 12.0. The van der Waals surface area contributed by atoms with Crippen LogP contribution in [0.25, 0.3) is 27.1 Å². The Kier molecular flexibility index (Phi) is 4.70. The summed E-state index contributed by atoms with van der Waals surface area (Å²) in [5.74, 6) is -0.296. The average molecular weight is 409 g/mol. The number of anilines is 1. The fourth-order valence-corrected chi connectivity index (χ4v) is 4.53. The van der Waals surface area contributed by atoms with Crippen LogP contribution < -0.4 is 5.32 Å². The van der Waals surface area contributed by atoms with E-state index < -0.39 is 9.84 Å². The first-order chi connectivity index (χ1) is 13.4. The lowest BCUT2D eigenvalue weighted by Crippen LogP contribution is -2.07. The standard InChI is InChI=1S/C21H16N2O3S2/c1-28(25,26)16-10-11-18-19(13-16)27-21(22-18)23-20(24)12-9-15-7-4-6-14-5-2-3-8-17(14)15/h2-13H,1H3,(H,22,23,24)/b12-9+. The summed E-state index contributed by atoms with van der Waals surface area (Å²) in [7, 11) is -3.28. The highest BCUT2D eigenvalue weighted by molar-refractivity contribution is 7.90. The van der Waals surface area contributed by atoms with E-state index in [4.69, 9.17) is 0 Å². The Morgan fingerprint density at radius 2 is 1.86 bits per heavy atom. The van der Waals surface area contributed by atoms with Gasteiger partial charge < -0.3 is 0 Å². The molecular weight excluding hydrogens is 392 g/mol. The zero-order valence-corrected chi connectivity index (χ0v) is 16.5. The predicted octanol–water partition coefficient (Wildman–Crippen LogP) is 4.50. The summed E-state index contributed by atoms with van der Waals surface area (Å²) in [6, 6.07) is 18.6. The van der Waals surface area contributed by atoms with Gasteiger partial charge in [0, 0.05) is 12.3 Å². The third-order valence-corrected chi connectivity index (χ3v) is 6.30. The summed E-state index contributed by atoms with van der Waals surface area (Å²) in [6.07, 6.45) is 4.40. The van der Waals surface area contributed by atoms with E-state index in [2.05, 4.69) is 10.3 Å². The van der Waals surface area contributed by atoms with Crippen LogP contribution in [0.2, 0.25) is 0 Å². The van der Waals surface area contributed by atoms with Crippen LogP contribution in [0.15, 0.2) is 71.6 Å². The maximum Gasteiger partial charge on any atom is 0.250 e. The van der Waals surface area contributed by atoms with Crippen LogP contribution >= 0.6 is 11.3 Å². The molecule has 0 saturated carbocycles. The van der Waals surface area contributed by atoms with Crippen molar-refractivity contribution in [3.8, 4) is 0 Å². The fourth-order valence-electron chi connectivity index (χ4n) is 2.90. The summed E-state index contributed by atoms with van der Waals surface area (Å²) in [6.45, 7) is 0. The van der Waals surface area contributed by atoms with E-state index in [1.807, 2.05) is 42.5 Å². The van der Waals surface area contributed by atoms with Gasteiger partial charge in [-0.2, -0.15) is 0 Å². The van der Waals surface area contributed by atoms with Gasteiger partial charge in [0.15, 0.2) is 15.0 Å². The number of amides is 1. The van der Waals surface area contributed by atoms with Crippen LogP contribution in [0.3, 0.4) is 0 Å². The third-order valence-electron chi connectivity index (χ3n) is 4.26. The molecule has 0 unspecified atom stereocenters. The molecule has 0 aliphatic carbocycles. The Morgan fingerprint density at radius 3 is 2.68 bits per heavy atom. The molecule has 0 spiro atoms. The van der Waals surface area contributed by atoms with Crippen LogP contribution in [-0.2, 0) is 14.6 Å². The Hall–Kier alpha value is -3.03. The van der Waals surface area contributed by atoms with Crippen molar-refractivity contribution >= 4 is 59.3 Å². The Bertz CT molecular complexity index is 1330. The number of carbonyl (C=O) groups excluding carboxylic acids is 1. The van der Waals surface area contributed by atoms with E-state index in [0.29, 0.717) is 15.3 Å². The molecule has 0 aliphatic heterocycles. The van der Waals surface area contributed by atoms with Gasteiger partial charge in [0.05, 0.1) is 15.1 Å². The lowest BCUT2D eigenvalue weighted by atomic mass is 10.0. The molecule has 1 N–H and O–H groups in total. The maximum absolute atomic E-state index is 12.3. The summed E-state index contributed by atoms with van der Waals surface area (Å²) in [5.41, 5.74) is 1.60. The number of sulfone groups is 1. The highest BCUT2D eigenvalue weighted by Gasteiger charge is 2.11. The van der Waals surface area contributed by atoms with Crippen molar-refractivity contribution in [3.05, 3.63) is 72.3 Å². The van der Waals surface area contributed by atoms with Crippen molar-refractivity contribution in [2.45, 2.75) is 4.90 Å². The van der Waals surface area contributed by atoms with E-state index in [1.165, 1.54) is 23.5 Å². The maximum atomic E-state index is 12.3. The molecule has 1 aromatic heterocycles. The van der Waals surface area contributed by atoms with Crippen molar-refractivity contribution in [3.63, 3.8) is 0 Å². The lowest BCUT2D eigenvalue weighted by Gasteiger charge is -2.01. The Balaban J connectivity index is 1.55. The first-order valence-electron chi connectivity index (χ1n) is 8.48. The van der Waals surface area contributed by atoms with E-state index in [1.54, 1.807) is 18.2 Å².